The van der Waals surface area contributed by atoms with Gasteiger partial charge in [0, 0.05) is 39.6 Å². The molecule has 1 aromatic rings. The highest BCUT2D eigenvalue weighted by Gasteiger charge is 2.27. The fourth-order valence-corrected chi connectivity index (χ4v) is 4.13. The lowest BCUT2D eigenvalue weighted by atomic mass is 9.95. The number of rotatable bonds is 6. The topological polar surface area (TPSA) is 75.2 Å². The lowest BCUT2D eigenvalue weighted by molar-refractivity contribution is 0.0162. The number of likely N-dealkylation sites (tertiary alicyclic amines) is 1. The maximum absolute atomic E-state index is 12.3. The average molecular weight is 431 g/mol. The van der Waals surface area contributed by atoms with Crippen molar-refractivity contribution in [2.45, 2.75) is 58.5 Å². The molecule has 1 fully saturated rings. The molecule has 0 bridgehead atoms. The van der Waals surface area contributed by atoms with Gasteiger partial charge in [0.25, 0.3) is 0 Å². The van der Waals surface area contributed by atoms with E-state index in [1.165, 1.54) is 11.1 Å². The maximum Gasteiger partial charge on any atom is 0.410 e. The fraction of sp³-hybridized carbons (Fsp3) is 0.667. The van der Waals surface area contributed by atoms with Crippen LogP contribution >= 0.6 is 0 Å². The zero-order valence-electron chi connectivity index (χ0n) is 19.5. The Morgan fingerprint density at radius 3 is 2.87 bits per heavy atom. The third-order valence-corrected chi connectivity index (χ3v) is 5.70. The Morgan fingerprint density at radius 1 is 1.29 bits per heavy atom. The highest BCUT2D eigenvalue weighted by molar-refractivity contribution is 5.79. The van der Waals surface area contributed by atoms with Crippen molar-refractivity contribution >= 4 is 12.1 Å². The van der Waals surface area contributed by atoms with Crippen molar-refractivity contribution in [2.24, 2.45) is 10.9 Å². The van der Waals surface area contributed by atoms with E-state index in [1.54, 1.807) is 7.05 Å². The Kier molecular flexibility index (Phi) is 8.04. The Balaban J connectivity index is 1.35. The van der Waals surface area contributed by atoms with Crippen molar-refractivity contribution in [3.8, 4) is 5.75 Å². The van der Waals surface area contributed by atoms with E-state index >= 15 is 0 Å². The molecule has 1 atom stereocenters. The van der Waals surface area contributed by atoms with Gasteiger partial charge in [-0.15, -0.1) is 0 Å². The molecule has 7 heteroatoms. The average Bonchev–Trinajstić information content (AvgIpc) is 3.19. The van der Waals surface area contributed by atoms with Gasteiger partial charge in [0.1, 0.15) is 11.4 Å². The van der Waals surface area contributed by atoms with E-state index in [9.17, 15) is 4.79 Å². The van der Waals surface area contributed by atoms with Gasteiger partial charge < -0.3 is 25.0 Å². The number of ether oxygens (including phenoxy) is 2. The summed E-state index contributed by atoms with van der Waals surface area (Å²) < 4.78 is 11.1. The molecule has 2 heterocycles. The van der Waals surface area contributed by atoms with Crippen LogP contribution in [-0.2, 0) is 17.6 Å². The number of fused-ring (bicyclic) bond motifs is 1. The van der Waals surface area contributed by atoms with Crippen molar-refractivity contribution in [3.05, 3.63) is 29.3 Å². The first-order valence-corrected chi connectivity index (χ1v) is 11.5. The summed E-state index contributed by atoms with van der Waals surface area (Å²) in [6.45, 7) is 9.75. The number of amides is 1. The molecular weight excluding hydrogens is 392 g/mol. The summed E-state index contributed by atoms with van der Waals surface area (Å²) in [6.07, 6.45) is 4.94. The van der Waals surface area contributed by atoms with Crippen LogP contribution in [0.2, 0.25) is 0 Å². The minimum absolute atomic E-state index is 0.194. The Hall–Kier alpha value is -2.44. The molecule has 2 aliphatic rings. The zero-order chi connectivity index (χ0) is 22.3. The molecule has 31 heavy (non-hydrogen) atoms. The number of nitrogens with zero attached hydrogens (tertiary/aromatic N) is 2. The highest BCUT2D eigenvalue weighted by Crippen LogP contribution is 2.26. The van der Waals surface area contributed by atoms with Crippen molar-refractivity contribution in [1.29, 1.82) is 0 Å². The Labute approximate surface area is 186 Å². The molecule has 0 spiro atoms. The highest BCUT2D eigenvalue weighted by atomic mass is 16.6. The number of carbonyl (C=O) groups excluding carboxylic acids is 1. The molecule has 1 aromatic carbocycles. The number of piperidine rings is 1. The molecule has 1 saturated heterocycles. The minimum Gasteiger partial charge on any atom is -0.493 e. The summed E-state index contributed by atoms with van der Waals surface area (Å²) in [6, 6.07) is 6.47. The van der Waals surface area contributed by atoms with Gasteiger partial charge in [-0.1, -0.05) is 12.1 Å². The molecule has 2 aliphatic heterocycles. The van der Waals surface area contributed by atoms with Crippen LogP contribution in [0.5, 0.6) is 5.75 Å². The maximum atomic E-state index is 12.3. The molecule has 7 nitrogen and oxygen atoms in total. The molecule has 0 saturated carbocycles. The third kappa shape index (κ3) is 7.33. The second-order valence-corrected chi connectivity index (χ2v) is 9.44. The van der Waals surface area contributed by atoms with Crippen molar-refractivity contribution in [1.82, 2.24) is 15.5 Å². The smallest absolute Gasteiger partial charge is 0.410 e. The number of nitrogens with one attached hydrogen (secondary N) is 2. The van der Waals surface area contributed by atoms with Gasteiger partial charge in [-0.2, -0.15) is 0 Å². The minimum atomic E-state index is -0.447. The molecular formula is C24H38N4O3. The molecule has 0 aliphatic carbocycles. The Bertz CT molecular complexity index is 773. The fourth-order valence-electron chi connectivity index (χ4n) is 4.13. The normalized spacial score (nSPS) is 18.9. The van der Waals surface area contributed by atoms with E-state index in [0.717, 1.165) is 76.6 Å². The van der Waals surface area contributed by atoms with Crippen molar-refractivity contribution in [2.75, 3.05) is 39.8 Å². The van der Waals surface area contributed by atoms with Crippen molar-refractivity contribution < 1.29 is 14.3 Å². The monoisotopic (exact) mass is 430 g/mol. The van der Waals surface area contributed by atoms with Gasteiger partial charge in [0.2, 0.25) is 0 Å². The molecule has 1 unspecified atom stereocenters. The van der Waals surface area contributed by atoms with Crippen LogP contribution in [0.25, 0.3) is 0 Å². The predicted molar refractivity (Wildman–Crippen MR) is 124 cm³/mol. The van der Waals surface area contributed by atoms with Crippen LogP contribution in [0.3, 0.4) is 0 Å². The van der Waals surface area contributed by atoms with Gasteiger partial charge in [0.15, 0.2) is 5.96 Å². The van der Waals surface area contributed by atoms with Crippen molar-refractivity contribution in [3.63, 3.8) is 0 Å². The number of hydrogen-bond acceptors (Lipinski definition) is 4. The second-order valence-electron chi connectivity index (χ2n) is 9.44. The van der Waals surface area contributed by atoms with E-state index in [0.29, 0.717) is 5.92 Å². The first-order chi connectivity index (χ1) is 14.8. The first kappa shape index (κ1) is 23.2. The summed E-state index contributed by atoms with van der Waals surface area (Å²) in [7, 11) is 1.80. The van der Waals surface area contributed by atoms with Crippen LogP contribution < -0.4 is 15.4 Å². The molecule has 0 aromatic heterocycles. The van der Waals surface area contributed by atoms with E-state index in [2.05, 4.69) is 33.8 Å². The van der Waals surface area contributed by atoms with Gasteiger partial charge in [-0.25, -0.2) is 4.79 Å². The number of benzene rings is 1. The van der Waals surface area contributed by atoms with Gasteiger partial charge >= 0.3 is 6.09 Å². The molecule has 2 N–H and O–H groups in total. The second kappa shape index (κ2) is 10.7. The molecule has 1 amide bonds. The van der Waals surface area contributed by atoms with Crippen LogP contribution in [0, 0.1) is 5.92 Å². The number of guanidine groups is 1. The van der Waals surface area contributed by atoms with Gasteiger partial charge in [-0.05, 0) is 69.6 Å². The Morgan fingerprint density at radius 2 is 2.10 bits per heavy atom. The van der Waals surface area contributed by atoms with E-state index in [1.807, 2.05) is 25.7 Å². The largest absolute Gasteiger partial charge is 0.493 e. The van der Waals surface area contributed by atoms with Crippen LogP contribution in [0.4, 0.5) is 4.79 Å². The van der Waals surface area contributed by atoms with Crippen LogP contribution in [0.15, 0.2) is 23.2 Å². The lowest BCUT2D eigenvalue weighted by Crippen LogP contribution is -2.44. The van der Waals surface area contributed by atoms with Crippen LogP contribution in [-0.4, -0.2) is 62.4 Å². The summed E-state index contributed by atoms with van der Waals surface area (Å²) in [5, 5.41) is 6.81. The number of aliphatic imine (C=N–C) groups is 1. The zero-order valence-corrected chi connectivity index (χ0v) is 19.5. The van der Waals surface area contributed by atoms with E-state index in [4.69, 9.17) is 9.47 Å². The standard InChI is InChI=1S/C24H38N4O3/c1-24(2,3)31-23(29)28-14-5-6-19(17-28)10-13-27-22(25-4)26-12-9-18-7-8-21-20(16-18)11-15-30-21/h7-8,16,19H,5-6,9-15,17H2,1-4H3,(H2,25,26,27). The SMILES string of the molecule is CN=C(NCCc1ccc2c(c1)CCO2)NCCC1CCCN(C(=O)OC(C)(C)C)C1. The number of hydrogen-bond donors (Lipinski definition) is 2. The van der Waals surface area contributed by atoms with E-state index in [-0.39, 0.29) is 6.09 Å². The summed E-state index contributed by atoms with van der Waals surface area (Å²) in [5.41, 5.74) is 2.18. The molecule has 0 radical (unpaired) electrons. The van der Waals surface area contributed by atoms with Crippen LogP contribution in [0.1, 0.15) is 51.2 Å². The summed E-state index contributed by atoms with van der Waals surface area (Å²) >= 11 is 0. The summed E-state index contributed by atoms with van der Waals surface area (Å²) in [5.74, 6) is 2.34. The van der Waals surface area contributed by atoms with E-state index < -0.39 is 5.60 Å². The third-order valence-electron chi connectivity index (χ3n) is 5.70. The predicted octanol–water partition coefficient (Wildman–Crippen LogP) is 3.37. The quantitative estimate of drug-likeness (QED) is 0.535. The molecule has 3 rings (SSSR count). The number of carbonyl (C=O) groups is 1. The molecule has 172 valence electrons. The first-order valence-electron chi connectivity index (χ1n) is 11.5. The van der Waals surface area contributed by atoms with Gasteiger partial charge in [-0.3, -0.25) is 4.99 Å². The van der Waals surface area contributed by atoms with Gasteiger partial charge in [0.05, 0.1) is 6.61 Å². The lowest BCUT2D eigenvalue weighted by Gasteiger charge is -2.34. The summed E-state index contributed by atoms with van der Waals surface area (Å²) in [4.78, 5) is 18.5.